The second-order valence-corrected chi connectivity index (χ2v) is 3.82. The molecular formula is C11H11F3N4. The molecular weight excluding hydrogens is 245 g/mol. The molecule has 7 heteroatoms. The van der Waals surface area contributed by atoms with Crippen molar-refractivity contribution in [3.05, 3.63) is 41.3 Å². The highest BCUT2D eigenvalue weighted by Gasteiger charge is 2.38. The molecule has 0 aliphatic carbocycles. The summed E-state index contributed by atoms with van der Waals surface area (Å²) >= 11 is 0. The molecule has 0 unspecified atom stereocenters. The van der Waals surface area contributed by atoms with Crippen molar-refractivity contribution in [2.45, 2.75) is 19.6 Å². The van der Waals surface area contributed by atoms with E-state index >= 15 is 0 Å². The molecule has 0 bridgehead atoms. The number of hydrogen-bond acceptors (Lipinski definition) is 3. The highest BCUT2D eigenvalue weighted by atomic mass is 19.4. The third-order valence-corrected chi connectivity index (χ3v) is 2.45. The van der Waals surface area contributed by atoms with Gasteiger partial charge in [0.25, 0.3) is 0 Å². The Morgan fingerprint density at radius 1 is 1.39 bits per heavy atom. The van der Waals surface area contributed by atoms with Crippen molar-refractivity contribution in [3.63, 3.8) is 0 Å². The van der Waals surface area contributed by atoms with Crippen LogP contribution in [0.25, 0.3) is 5.82 Å². The average molecular weight is 256 g/mol. The third kappa shape index (κ3) is 2.21. The maximum Gasteiger partial charge on any atom is 0.433 e. The molecule has 0 fully saturated rings. The summed E-state index contributed by atoms with van der Waals surface area (Å²) in [6.07, 6.45) is -1.96. The van der Waals surface area contributed by atoms with E-state index in [0.717, 1.165) is 16.4 Å². The first-order valence-corrected chi connectivity index (χ1v) is 5.20. The Hall–Kier alpha value is -1.89. The second-order valence-electron chi connectivity index (χ2n) is 3.82. The molecule has 18 heavy (non-hydrogen) atoms. The van der Waals surface area contributed by atoms with E-state index in [0.29, 0.717) is 0 Å². The van der Waals surface area contributed by atoms with Crippen molar-refractivity contribution in [1.29, 1.82) is 0 Å². The molecule has 4 nitrogen and oxygen atoms in total. The Balaban J connectivity index is 2.62. The summed E-state index contributed by atoms with van der Waals surface area (Å²) in [5.41, 5.74) is 5.18. The lowest BCUT2D eigenvalue weighted by atomic mass is 10.2. The van der Waals surface area contributed by atoms with Gasteiger partial charge in [0.05, 0.1) is 6.20 Å². The molecule has 2 rings (SSSR count). The van der Waals surface area contributed by atoms with E-state index in [9.17, 15) is 13.2 Å². The van der Waals surface area contributed by atoms with Gasteiger partial charge in [0.1, 0.15) is 0 Å². The number of pyridine rings is 1. The normalized spacial score (nSPS) is 11.8. The summed E-state index contributed by atoms with van der Waals surface area (Å²) in [5, 5.41) is 3.72. The van der Waals surface area contributed by atoms with Gasteiger partial charge in [0.15, 0.2) is 11.5 Å². The van der Waals surface area contributed by atoms with Crippen molar-refractivity contribution < 1.29 is 13.2 Å². The Morgan fingerprint density at radius 2 is 2.11 bits per heavy atom. The first-order valence-electron chi connectivity index (χ1n) is 5.20. The van der Waals surface area contributed by atoms with E-state index in [1.54, 1.807) is 13.0 Å². The Kier molecular flexibility index (Phi) is 3.08. The zero-order valence-electron chi connectivity index (χ0n) is 9.57. The molecule has 0 spiro atoms. The zero-order chi connectivity index (χ0) is 13.3. The molecule has 0 radical (unpaired) electrons. The molecule has 0 aliphatic rings. The van der Waals surface area contributed by atoms with Crippen LogP contribution in [-0.4, -0.2) is 14.8 Å². The van der Waals surface area contributed by atoms with Gasteiger partial charge in [0.2, 0.25) is 0 Å². The number of alkyl halides is 3. The van der Waals surface area contributed by atoms with Gasteiger partial charge in [-0.05, 0) is 24.6 Å². The maximum atomic E-state index is 13.0. The van der Waals surface area contributed by atoms with Crippen LogP contribution < -0.4 is 5.73 Å². The summed E-state index contributed by atoms with van der Waals surface area (Å²) in [6.45, 7) is 1.55. The Morgan fingerprint density at radius 3 is 2.67 bits per heavy atom. The van der Waals surface area contributed by atoms with Crippen LogP contribution in [0.15, 0.2) is 24.5 Å². The first kappa shape index (κ1) is 12.6. The van der Waals surface area contributed by atoms with Crippen molar-refractivity contribution in [3.8, 4) is 5.82 Å². The van der Waals surface area contributed by atoms with Crippen LogP contribution in [0.1, 0.15) is 16.8 Å². The van der Waals surface area contributed by atoms with Gasteiger partial charge in [-0.25, -0.2) is 9.67 Å². The molecule has 0 amide bonds. The van der Waals surface area contributed by atoms with Crippen molar-refractivity contribution in [2.24, 2.45) is 5.73 Å². The summed E-state index contributed by atoms with van der Waals surface area (Å²) in [7, 11) is 0. The average Bonchev–Trinajstić information content (AvgIpc) is 2.72. The van der Waals surface area contributed by atoms with Gasteiger partial charge in [-0.15, -0.1) is 0 Å². The predicted molar refractivity (Wildman–Crippen MR) is 59.0 cm³/mol. The number of nitrogens with zero attached hydrogens (tertiary/aromatic N) is 3. The lowest BCUT2D eigenvalue weighted by Gasteiger charge is -2.11. The topological polar surface area (TPSA) is 56.7 Å². The van der Waals surface area contributed by atoms with E-state index < -0.39 is 11.9 Å². The summed E-state index contributed by atoms with van der Waals surface area (Å²) in [6, 6.07) is 3.23. The molecule has 2 N–H and O–H groups in total. The second kappa shape index (κ2) is 4.41. The molecule has 0 aromatic carbocycles. The molecule has 0 aliphatic heterocycles. The number of rotatable bonds is 2. The van der Waals surface area contributed by atoms with E-state index in [1.807, 2.05) is 0 Å². The van der Waals surface area contributed by atoms with Gasteiger partial charge in [0, 0.05) is 18.3 Å². The standard InChI is InChI=1S/C11H11F3N4/c1-7-2-3-16-9(4-7)18-10(11(12,13)14)8(5-15)6-17-18/h2-4,6H,5,15H2,1H3. The molecule has 2 heterocycles. The number of hydrogen-bond donors (Lipinski definition) is 1. The zero-order valence-corrected chi connectivity index (χ0v) is 9.57. The van der Waals surface area contributed by atoms with Crippen molar-refractivity contribution >= 4 is 0 Å². The number of aryl methyl sites for hydroxylation is 1. The van der Waals surface area contributed by atoms with Gasteiger partial charge in [-0.1, -0.05) is 0 Å². The van der Waals surface area contributed by atoms with Gasteiger partial charge < -0.3 is 5.73 Å². The number of nitrogens with two attached hydrogens (primary N) is 1. The number of halogens is 3. The van der Waals surface area contributed by atoms with Crippen molar-refractivity contribution in [2.75, 3.05) is 0 Å². The van der Waals surface area contributed by atoms with Crippen LogP contribution in [0.4, 0.5) is 13.2 Å². The smallest absolute Gasteiger partial charge is 0.326 e. The fourth-order valence-corrected chi connectivity index (χ4v) is 1.64. The predicted octanol–water partition coefficient (Wildman–Crippen LogP) is 2.05. The highest BCUT2D eigenvalue weighted by Crippen LogP contribution is 2.33. The van der Waals surface area contributed by atoms with Crippen molar-refractivity contribution in [1.82, 2.24) is 14.8 Å². The Labute approximate surface area is 101 Å². The maximum absolute atomic E-state index is 13.0. The third-order valence-electron chi connectivity index (χ3n) is 2.45. The fourth-order valence-electron chi connectivity index (χ4n) is 1.64. The molecule has 2 aromatic rings. The van der Waals surface area contributed by atoms with Gasteiger partial charge in [-0.3, -0.25) is 0 Å². The summed E-state index contributed by atoms with van der Waals surface area (Å²) < 4.78 is 39.7. The fraction of sp³-hybridized carbons (Fsp3) is 0.273. The quantitative estimate of drug-likeness (QED) is 0.894. The van der Waals surface area contributed by atoms with Gasteiger partial charge in [-0.2, -0.15) is 18.3 Å². The lowest BCUT2D eigenvalue weighted by Crippen LogP contribution is -2.17. The van der Waals surface area contributed by atoms with Crippen LogP contribution in [0.5, 0.6) is 0 Å². The van der Waals surface area contributed by atoms with Gasteiger partial charge >= 0.3 is 6.18 Å². The molecule has 0 atom stereocenters. The minimum absolute atomic E-state index is 0.0502. The number of aromatic nitrogens is 3. The highest BCUT2D eigenvalue weighted by molar-refractivity contribution is 5.32. The molecule has 0 saturated heterocycles. The van der Waals surface area contributed by atoms with Crippen LogP contribution >= 0.6 is 0 Å². The monoisotopic (exact) mass is 256 g/mol. The van der Waals surface area contributed by atoms with Crippen LogP contribution in [0.3, 0.4) is 0 Å². The minimum atomic E-state index is -4.52. The molecule has 96 valence electrons. The molecule has 0 saturated carbocycles. The summed E-state index contributed by atoms with van der Waals surface area (Å²) in [5.74, 6) is 0.127. The van der Waals surface area contributed by atoms with E-state index in [-0.39, 0.29) is 17.9 Å². The minimum Gasteiger partial charge on any atom is -0.326 e. The van der Waals surface area contributed by atoms with Crippen LogP contribution in [0.2, 0.25) is 0 Å². The Bertz CT molecular complexity index is 560. The largest absolute Gasteiger partial charge is 0.433 e. The van der Waals surface area contributed by atoms with Crippen LogP contribution in [-0.2, 0) is 12.7 Å². The lowest BCUT2D eigenvalue weighted by molar-refractivity contribution is -0.143. The molecule has 2 aromatic heterocycles. The SMILES string of the molecule is Cc1ccnc(-n2ncc(CN)c2C(F)(F)F)c1. The first-order chi connectivity index (χ1) is 8.43. The summed E-state index contributed by atoms with van der Waals surface area (Å²) in [4.78, 5) is 3.89. The van der Waals surface area contributed by atoms with E-state index in [4.69, 9.17) is 5.73 Å². The van der Waals surface area contributed by atoms with E-state index in [2.05, 4.69) is 10.1 Å². The van der Waals surface area contributed by atoms with E-state index in [1.165, 1.54) is 12.3 Å². The van der Waals surface area contributed by atoms with Crippen LogP contribution in [0, 0.1) is 6.92 Å².